The molecule has 1 aliphatic heterocycles. The molecule has 0 atom stereocenters. The van der Waals surface area contributed by atoms with E-state index >= 15 is 0 Å². The van der Waals surface area contributed by atoms with Crippen LogP contribution in [0.25, 0.3) is 27.9 Å². The minimum atomic E-state index is 0.768. The number of aromatic amines is 1. The number of nitrogens with one attached hydrogen (secondary N) is 2. The van der Waals surface area contributed by atoms with Crippen LogP contribution >= 0.6 is 0 Å². The first kappa shape index (κ1) is 20.2. The number of H-pyrrole nitrogens is 1. The second kappa shape index (κ2) is 8.80. The first-order valence-electron chi connectivity index (χ1n) is 10.7. The Morgan fingerprint density at radius 3 is 2.47 bits per heavy atom. The Kier molecular flexibility index (Phi) is 5.56. The van der Waals surface area contributed by atoms with E-state index in [1.165, 1.54) is 11.1 Å². The molecule has 2 N–H and O–H groups in total. The molecule has 1 saturated heterocycles. The minimum Gasteiger partial charge on any atom is -0.497 e. The van der Waals surface area contributed by atoms with Crippen molar-refractivity contribution < 1.29 is 9.47 Å². The number of nitrogens with zero attached hydrogens (tertiary/aromatic N) is 3. The van der Waals surface area contributed by atoms with Crippen molar-refractivity contribution in [3.63, 3.8) is 0 Å². The summed E-state index contributed by atoms with van der Waals surface area (Å²) in [4.78, 5) is 9.46. The summed E-state index contributed by atoms with van der Waals surface area (Å²) in [5, 5.41) is 10.4. The van der Waals surface area contributed by atoms with Crippen molar-refractivity contribution in [2.75, 3.05) is 27.3 Å². The highest BCUT2D eigenvalue weighted by Gasteiger charge is 2.17. The highest BCUT2D eigenvalue weighted by molar-refractivity contribution is 5.88. The van der Waals surface area contributed by atoms with Crippen LogP contribution in [-0.4, -0.2) is 47.5 Å². The van der Waals surface area contributed by atoms with Crippen LogP contribution in [0, 0.1) is 0 Å². The summed E-state index contributed by atoms with van der Waals surface area (Å²) in [5.74, 6) is 1.54. The average molecular weight is 428 g/mol. The van der Waals surface area contributed by atoms with Gasteiger partial charge in [0.1, 0.15) is 11.5 Å². The van der Waals surface area contributed by atoms with Gasteiger partial charge in [-0.2, -0.15) is 5.10 Å². The number of aromatic nitrogens is 4. The highest BCUT2D eigenvalue weighted by atomic mass is 16.5. The molecule has 1 fully saturated rings. The Labute approximate surface area is 186 Å². The third-order valence-corrected chi connectivity index (χ3v) is 5.79. The molecule has 0 radical (unpaired) electrons. The largest absolute Gasteiger partial charge is 0.497 e. The third-order valence-electron chi connectivity index (χ3n) is 5.79. The van der Waals surface area contributed by atoms with Gasteiger partial charge in [0.15, 0.2) is 0 Å². The lowest BCUT2D eigenvalue weighted by Gasteiger charge is -2.22. The smallest absolute Gasteiger partial charge is 0.123 e. The zero-order chi connectivity index (χ0) is 21.9. The van der Waals surface area contributed by atoms with Crippen LogP contribution < -0.4 is 14.8 Å². The van der Waals surface area contributed by atoms with Gasteiger partial charge >= 0.3 is 0 Å². The Balaban J connectivity index is 1.68. The number of fused-ring (bicyclic) bond motifs is 1. The van der Waals surface area contributed by atoms with Gasteiger partial charge in [-0.3, -0.25) is 10.1 Å². The zero-order valence-corrected chi connectivity index (χ0v) is 18.2. The standard InChI is InChI=1S/C25H25N5O2/c1-31-20-8-18(9-21(11-20)32-2)25(17-4-3-7-26-12-17)16-5-6-22-23(10-16)30-24(15-27-22)19-13-28-29-14-19/h5-6,8-11,13-15,26H,3-4,7,12H2,1-2H3,(H,28,29). The molecule has 2 aromatic heterocycles. The summed E-state index contributed by atoms with van der Waals surface area (Å²) >= 11 is 0. The Morgan fingerprint density at radius 1 is 0.938 bits per heavy atom. The predicted molar refractivity (Wildman–Crippen MR) is 125 cm³/mol. The fraction of sp³-hybridized carbons (Fsp3) is 0.240. The van der Waals surface area contributed by atoms with E-state index in [1.807, 2.05) is 18.3 Å². The predicted octanol–water partition coefficient (Wildman–Crippen LogP) is 4.22. The molecule has 0 bridgehead atoms. The molecular weight excluding hydrogens is 402 g/mol. The van der Waals surface area contributed by atoms with Crippen molar-refractivity contribution in [2.45, 2.75) is 12.8 Å². The molecule has 0 unspecified atom stereocenters. The Hall–Kier alpha value is -3.71. The molecule has 162 valence electrons. The molecule has 0 saturated carbocycles. The molecule has 0 aliphatic carbocycles. The van der Waals surface area contributed by atoms with Gasteiger partial charge in [0.25, 0.3) is 0 Å². The van der Waals surface area contributed by atoms with Gasteiger partial charge in [-0.1, -0.05) is 6.07 Å². The van der Waals surface area contributed by atoms with Crippen LogP contribution in [0.1, 0.15) is 24.0 Å². The average Bonchev–Trinajstić information content (AvgIpc) is 3.39. The molecule has 0 spiro atoms. The van der Waals surface area contributed by atoms with E-state index < -0.39 is 0 Å². The van der Waals surface area contributed by atoms with Gasteiger partial charge in [0.2, 0.25) is 0 Å². The molecule has 1 aliphatic rings. The second-order valence-electron chi connectivity index (χ2n) is 7.81. The van der Waals surface area contributed by atoms with Gasteiger partial charge in [-0.15, -0.1) is 0 Å². The van der Waals surface area contributed by atoms with E-state index in [0.29, 0.717) is 0 Å². The van der Waals surface area contributed by atoms with Crippen LogP contribution in [0.15, 0.2) is 60.6 Å². The van der Waals surface area contributed by atoms with Crippen LogP contribution in [0.2, 0.25) is 0 Å². The summed E-state index contributed by atoms with van der Waals surface area (Å²) in [6, 6.07) is 12.3. The molecule has 5 rings (SSSR count). The minimum absolute atomic E-state index is 0.768. The SMILES string of the molecule is COc1cc(OC)cc(C(=C2CCCNC2)c2ccc3ncc(-c4cn[nH]c4)nc3c2)c1. The fourth-order valence-corrected chi connectivity index (χ4v) is 4.19. The van der Waals surface area contributed by atoms with E-state index in [1.54, 1.807) is 26.6 Å². The van der Waals surface area contributed by atoms with E-state index in [2.05, 4.69) is 44.8 Å². The molecule has 32 heavy (non-hydrogen) atoms. The first-order valence-corrected chi connectivity index (χ1v) is 10.7. The maximum Gasteiger partial charge on any atom is 0.123 e. The lowest BCUT2D eigenvalue weighted by atomic mass is 9.89. The lowest BCUT2D eigenvalue weighted by Crippen LogP contribution is -2.24. The van der Waals surface area contributed by atoms with Crippen LogP contribution in [0.4, 0.5) is 0 Å². The first-order chi connectivity index (χ1) is 15.7. The van der Waals surface area contributed by atoms with Crippen molar-refractivity contribution in [2.24, 2.45) is 0 Å². The molecule has 7 heteroatoms. The monoisotopic (exact) mass is 427 g/mol. The quantitative estimate of drug-likeness (QED) is 0.496. The third kappa shape index (κ3) is 3.94. The zero-order valence-electron chi connectivity index (χ0n) is 18.2. The number of benzene rings is 2. The van der Waals surface area contributed by atoms with Gasteiger partial charge < -0.3 is 14.8 Å². The molecule has 0 amide bonds. The van der Waals surface area contributed by atoms with Crippen LogP contribution in [0.5, 0.6) is 11.5 Å². The summed E-state index contributed by atoms with van der Waals surface area (Å²) in [5.41, 5.74) is 8.13. The lowest BCUT2D eigenvalue weighted by molar-refractivity contribution is 0.394. The van der Waals surface area contributed by atoms with Crippen molar-refractivity contribution in [3.8, 4) is 22.8 Å². The number of hydrogen-bond donors (Lipinski definition) is 2. The highest BCUT2D eigenvalue weighted by Crippen LogP contribution is 2.35. The number of hydrogen-bond acceptors (Lipinski definition) is 6. The number of piperidine rings is 1. The number of methoxy groups -OCH3 is 2. The maximum absolute atomic E-state index is 5.55. The summed E-state index contributed by atoms with van der Waals surface area (Å²) in [6.07, 6.45) is 7.51. The number of ether oxygens (including phenoxy) is 2. The molecular formula is C25H25N5O2. The normalized spacial score (nSPS) is 15.6. The van der Waals surface area contributed by atoms with Crippen molar-refractivity contribution in [1.82, 2.24) is 25.5 Å². The van der Waals surface area contributed by atoms with Crippen molar-refractivity contribution >= 4 is 16.6 Å². The molecule has 2 aromatic carbocycles. The van der Waals surface area contributed by atoms with Crippen molar-refractivity contribution in [3.05, 3.63) is 71.7 Å². The van der Waals surface area contributed by atoms with Crippen molar-refractivity contribution in [1.29, 1.82) is 0 Å². The summed E-state index contributed by atoms with van der Waals surface area (Å²) in [7, 11) is 3.35. The molecule has 3 heterocycles. The summed E-state index contributed by atoms with van der Waals surface area (Å²) < 4.78 is 11.1. The topological polar surface area (TPSA) is 85.0 Å². The van der Waals surface area contributed by atoms with Gasteiger partial charge in [0.05, 0.1) is 43.3 Å². The van der Waals surface area contributed by atoms with E-state index in [4.69, 9.17) is 14.5 Å². The second-order valence-corrected chi connectivity index (χ2v) is 7.81. The Bertz CT molecular complexity index is 1250. The maximum atomic E-state index is 5.55. The van der Waals surface area contributed by atoms with Crippen LogP contribution in [-0.2, 0) is 0 Å². The molecule has 4 aromatic rings. The Morgan fingerprint density at radius 2 is 1.78 bits per heavy atom. The molecule has 7 nitrogen and oxygen atoms in total. The van der Waals surface area contributed by atoms with Crippen LogP contribution in [0.3, 0.4) is 0 Å². The fourth-order valence-electron chi connectivity index (χ4n) is 4.19. The summed E-state index contributed by atoms with van der Waals surface area (Å²) in [6.45, 7) is 1.89. The van der Waals surface area contributed by atoms with E-state index in [9.17, 15) is 0 Å². The van der Waals surface area contributed by atoms with Gasteiger partial charge in [0, 0.05) is 24.4 Å². The van der Waals surface area contributed by atoms with E-state index in [-0.39, 0.29) is 0 Å². The van der Waals surface area contributed by atoms with Gasteiger partial charge in [-0.05, 0) is 65.9 Å². The van der Waals surface area contributed by atoms with E-state index in [0.717, 1.165) is 70.8 Å². The number of rotatable bonds is 5. The van der Waals surface area contributed by atoms with Gasteiger partial charge in [-0.25, -0.2) is 4.98 Å².